The second-order valence-corrected chi connectivity index (χ2v) is 7.21. The fourth-order valence-electron chi connectivity index (χ4n) is 1.66. The van der Waals surface area contributed by atoms with E-state index < -0.39 is 10.0 Å². The molecule has 1 unspecified atom stereocenters. The van der Waals surface area contributed by atoms with Crippen LogP contribution in [0.15, 0.2) is 21.6 Å². The van der Waals surface area contributed by atoms with Gasteiger partial charge in [-0.15, -0.1) is 0 Å². The monoisotopic (exact) mass is 379 g/mol. The van der Waals surface area contributed by atoms with Gasteiger partial charge < -0.3 is 10.1 Å². The maximum atomic E-state index is 12.5. The molecule has 0 aliphatic heterocycles. The van der Waals surface area contributed by atoms with E-state index in [2.05, 4.69) is 31.0 Å². The summed E-state index contributed by atoms with van der Waals surface area (Å²) < 4.78 is 33.4. The summed E-state index contributed by atoms with van der Waals surface area (Å²) in [6.45, 7) is 7.17. The van der Waals surface area contributed by atoms with Crippen LogP contribution < -0.4 is 10.0 Å². The van der Waals surface area contributed by atoms with Crippen LogP contribution in [-0.2, 0) is 14.8 Å². The van der Waals surface area contributed by atoms with Gasteiger partial charge in [-0.05, 0) is 42.3 Å². The second kappa shape index (κ2) is 8.67. The number of aromatic nitrogens is 1. The molecule has 6 nitrogen and oxygen atoms in total. The van der Waals surface area contributed by atoms with Crippen molar-refractivity contribution >= 4 is 31.8 Å². The van der Waals surface area contributed by atoms with Crippen LogP contribution in [0.2, 0.25) is 0 Å². The Kier molecular flexibility index (Phi) is 7.58. The highest BCUT2D eigenvalue weighted by atomic mass is 79.9. The van der Waals surface area contributed by atoms with E-state index in [9.17, 15) is 8.42 Å². The molecule has 0 fully saturated rings. The van der Waals surface area contributed by atoms with Gasteiger partial charge in [-0.3, -0.25) is 0 Å². The molecule has 0 aromatic carbocycles. The van der Waals surface area contributed by atoms with Gasteiger partial charge in [0.1, 0.15) is 10.7 Å². The van der Waals surface area contributed by atoms with Gasteiger partial charge in [-0.25, -0.2) is 18.1 Å². The van der Waals surface area contributed by atoms with E-state index in [0.717, 1.165) is 6.42 Å². The molecule has 0 saturated heterocycles. The number of nitrogens with one attached hydrogen (secondary N) is 2. The number of sulfonamides is 1. The Balaban J connectivity index is 2.97. The third-order valence-corrected chi connectivity index (χ3v) is 4.62. The summed E-state index contributed by atoms with van der Waals surface area (Å²) in [5, 5.41) is 3.03. The number of pyridine rings is 1. The van der Waals surface area contributed by atoms with E-state index in [1.807, 2.05) is 13.8 Å². The first-order valence-corrected chi connectivity index (χ1v) is 9.17. The predicted octanol–water partition coefficient (Wildman–Crippen LogP) is 2.37. The van der Waals surface area contributed by atoms with E-state index in [4.69, 9.17) is 4.74 Å². The molecular formula is C13H22BrN3O3S. The van der Waals surface area contributed by atoms with Crippen LogP contribution in [0.3, 0.4) is 0 Å². The first-order valence-electron chi connectivity index (χ1n) is 6.90. The molecule has 1 heterocycles. The van der Waals surface area contributed by atoms with Crippen molar-refractivity contribution in [3.8, 4) is 0 Å². The van der Waals surface area contributed by atoms with Gasteiger partial charge in [-0.2, -0.15) is 0 Å². The third-order valence-electron chi connectivity index (χ3n) is 2.58. The van der Waals surface area contributed by atoms with Crippen LogP contribution in [0.4, 0.5) is 5.82 Å². The summed E-state index contributed by atoms with van der Waals surface area (Å²) in [4.78, 5) is 4.28. The lowest BCUT2D eigenvalue weighted by Gasteiger charge is -2.16. The van der Waals surface area contributed by atoms with Gasteiger partial charge in [-0.1, -0.05) is 6.92 Å². The molecule has 1 aromatic rings. The first kappa shape index (κ1) is 18.3. The molecule has 0 amide bonds. The van der Waals surface area contributed by atoms with E-state index in [1.165, 1.54) is 0 Å². The molecule has 0 radical (unpaired) electrons. The smallest absolute Gasteiger partial charge is 0.244 e. The topological polar surface area (TPSA) is 80.3 Å². The van der Waals surface area contributed by atoms with Crippen molar-refractivity contribution in [3.05, 3.63) is 16.7 Å². The Morgan fingerprint density at radius 2 is 2.14 bits per heavy atom. The van der Waals surface area contributed by atoms with E-state index in [1.54, 1.807) is 19.2 Å². The van der Waals surface area contributed by atoms with Crippen LogP contribution in [-0.4, -0.2) is 39.2 Å². The quantitative estimate of drug-likeness (QED) is 0.688. The van der Waals surface area contributed by atoms with Crippen molar-refractivity contribution in [2.75, 3.05) is 25.1 Å². The molecule has 0 spiro atoms. The molecule has 0 bridgehead atoms. The second-order valence-electron chi connectivity index (χ2n) is 4.61. The lowest BCUT2D eigenvalue weighted by molar-refractivity contribution is 0.133. The molecule has 21 heavy (non-hydrogen) atoms. The van der Waals surface area contributed by atoms with Crippen LogP contribution >= 0.6 is 15.9 Å². The van der Waals surface area contributed by atoms with Crippen molar-refractivity contribution in [2.45, 2.75) is 38.1 Å². The van der Waals surface area contributed by atoms with E-state index >= 15 is 0 Å². The molecule has 0 aliphatic rings. The SMILES string of the molecule is CCCNc1ncc(Br)cc1S(=O)(=O)NC(C)COCC. The lowest BCUT2D eigenvalue weighted by Crippen LogP contribution is -2.36. The fourth-order valence-corrected chi connectivity index (χ4v) is 3.53. The van der Waals surface area contributed by atoms with Gasteiger partial charge in [0.2, 0.25) is 10.0 Å². The summed E-state index contributed by atoms with van der Waals surface area (Å²) >= 11 is 3.26. The molecule has 8 heteroatoms. The molecule has 0 aliphatic carbocycles. The highest BCUT2D eigenvalue weighted by Gasteiger charge is 2.22. The Hall–Kier alpha value is -0.700. The number of nitrogens with zero attached hydrogens (tertiary/aromatic N) is 1. The average Bonchev–Trinajstić information content (AvgIpc) is 2.43. The lowest BCUT2D eigenvalue weighted by atomic mass is 10.4. The zero-order chi connectivity index (χ0) is 15.9. The summed E-state index contributed by atoms with van der Waals surface area (Å²) in [5.41, 5.74) is 0. The van der Waals surface area contributed by atoms with Crippen LogP contribution in [0, 0.1) is 0 Å². The number of hydrogen-bond donors (Lipinski definition) is 2. The molecule has 2 N–H and O–H groups in total. The average molecular weight is 380 g/mol. The fraction of sp³-hybridized carbons (Fsp3) is 0.615. The zero-order valence-corrected chi connectivity index (χ0v) is 14.9. The normalized spacial score (nSPS) is 13.1. The van der Waals surface area contributed by atoms with Crippen molar-refractivity contribution in [3.63, 3.8) is 0 Å². The number of hydrogen-bond acceptors (Lipinski definition) is 5. The standard InChI is InChI=1S/C13H22BrN3O3S/c1-4-6-15-13-12(7-11(14)8-16-13)21(18,19)17-10(3)9-20-5-2/h7-8,10,17H,4-6,9H2,1-3H3,(H,15,16). The summed E-state index contributed by atoms with van der Waals surface area (Å²) in [6, 6.07) is 1.23. The maximum Gasteiger partial charge on any atom is 0.244 e. The first-order chi connectivity index (χ1) is 9.90. The minimum atomic E-state index is -3.66. The highest BCUT2D eigenvalue weighted by molar-refractivity contribution is 9.10. The third kappa shape index (κ3) is 5.90. The van der Waals surface area contributed by atoms with Gasteiger partial charge in [0.15, 0.2) is 0 Å². The van der Waals surface area contributed by atoms with Crippen molar-refractivity contribution in [1.29, 1.82) is 0 Å². The van der Waals surface area contributed by atoms with Crippen LogP contribution in [0.5, 0.6) is 0 Å². The van der Waals surface area contributed by atoms with Crippen LogP contribution in [0.25, 0.3) is 0 Å². The number of ether oxygens (including phenoxy) is 1. The molecule has 1 rings (SSSR count). The minimum absolute atomic E-state index is 0.133. The molecule has 1 atom stereocenters. The Labute approximate surface area is 134 Å². The van der Waals surface area contributed by atoms with Crippen molar-refractivity contribution in [1.82, 2.24) is 9.71 Å². The minimum Gasteiger partial charge on any atom is -0.380 e. The molecular weight excluding hydrogens is 358 g/mol. The maximum absolute atomic E-state index is 12.5. The van der Waals surface area contributed by atoms with Gasteiger partial charge in [0.05, 0.1) is 6.61 Å². The molecule has 120 valence electrons. The van der Waals surface area contributed by atoms with Gasteiger partial charge in [0.25, 0.3) is 0 Å². The Morgan fingerprint density at radius 3 is 2.76 bits per heavy atom. The van der Waals surface area contributed by atoms with Crippen LogP contribution in [0.1, 0.15) is 27.2 Å². The summed E-state index contributed by atoms with van der Waals surface area (Å²) in [7, 11) is -3.66. The highest BCUT2D eigenvalue weighted by Crippen LogP contribution is 2.23. The van der Waals surface area contributed by atoms with Crippen molar-refractivity contribution in [2.24, 2.45) is 0 Å². The van der Waals surface area contributed by atoms with E-state index in [-0.39, 0.29) is 10.9 Å². The largest absolute Gasteiger partial charge is 0.380 e. The molecule has 0 saturated carbocycles. The number of anilines is 1. The van der Waals surface area contributed by atoms with Gasteiger partial charge >= 0.3 is 0 Å². The Bertz CT molecular complexity index is 552. The summed E-state index contributed by atoms with van der Waals surface area (Å²) in [6.07, 6.45) is 2.45. The molecule has 1 aromatic heterocycles. The van der Waals surface area contributed by atoms with Crippen molar-refractivity contribution < 1.29 is 13.2 Å². The zero-order valence-electron chi connectivity index (χ0n) is 12.5. The number of rotatable bonds is 9. The number of halogens is 1. The summed E-state index contributed by atoms with van der Waals surface area (Å²) in [5.74, 6) is 0.358. The van der Waals surface area contributed by atoms with Gasteiger partial charge in [0, 0.05) is 29.9 Å². The predicted molar refractivity (Wildman–Crippen MR) is 87.0 cm³/mol. The Morgan fingerprint density at radius 1 is 1.43 bits per heavy atom. The van der Waals surface area contributed by atoms with E-state index in [0.29, 0.717) is 30.0 Å².